The number of ether oxygens (including phenoxy) is 1. The van der Waals surface area contributed by atoms with Crippen LogP contribution in [0.4, 0.5) is 27.2 Å². The van der Waals surface area contributed by atoms with E-state index in [1.165, 1.54) is 34.6 Å². The molecule has 3 heterocycles. The molecule has 1 amide bonds. The Labute approximate surface area is 263 Å². The van der Waals surface area contributed by atoms with Gasteiger partial charge in [0.2, 0.25) is 0 Å². The van der Waals surface area contributed by atoms with Crippen LogP contribution in [0.5, 0.6) is 0 Å². The number of hydrogen-bond donors (Lipinski definition) is 1. The number of thiazole rings is 1. The lowest BCUT2D eigenvalue weighted by Gasteiger charge is -2.33. The Morgan fingerprint density at radius 3 is 2.41 bits per heavy atom. The Kier molecular flexibility index (Phi) is 9.24. The van der Waals surface area contributed by atoms with Crippen molar-refractivity contribution in [3.05, 3.63) is 53.0 Å². The summed E-state index contributed by atoms with van der Waals surface area (Å²) in [5, 5.41) is 3.15. The molecule has 0 spiro atoms. The van der Waals surface area contributed by atoms with Crippen molar-refractivity contribution in [2.45, 2.75) is 68.6 Å². The Hall–Kier alpha value is -3.23. The minimum Gasteiger partial charge on any atom is -0.444 e. The molecule has 14 heteroatoms. The molecule has 1 aliphatic carbocycles. The minimum atomic E-state index is -3.86. The quantitative estimate of drug-likeness (QED) is 0.329. The van der Waals surface area contributed by atoms with E-state index in [1.807, 2.05) is 30.3 Å². The second-order valence-corrected chi connectivity index (χ2v) is 17.8. The monoisotopic (exact) mass is 661 g/mol. The van der Waals surface area contributed by atoms with Gasteiger partial charge in [0.1, 0.15) is 27.1 Å². The summed E-state index contributed by atoms with van der Waals surface area (Å²) in [5.74, 6) is 0.463. The van der Waals surface area contributed by atoms with Crippen LogP contribution in [0.3, 0.4) is 0 Å². The van der Waals surface area contributed by atoms with Gasteiger partial charge >= 0.3 is 6.09 Å². The van der Waals surface area contributed by atoms with Gasteiger partial charge in [0.05, 0.1) is 21.6 Å². The molecule has 2 aliphatic rings. The van der Waals surface area contributed by atoms with Crippen molar-refractivity contribution in [3.8, 4) is 0 Å². The fourth-order valence-electron chi connectivity index (χ4n) is 5.32. The van der Waals surface area contributed by atoms with E-state index in [1.54, 1.807) is 30.6 Å². The van der Waals surface area contributed by atoms with E-state index in [9.17, 15) is 21.6 Å². The lowest BCUT2D eigenvalue weighted by Crippen LogP contribution is -2.44. The van der Waals surface area contributed by atoms with E-state index >= 15 is 0 Å². The second kappa shape index (κ2) is 12.6. The van der Waals surface area contributed by atoms with Crippen LogP contribution >= 0.6 is 11.3 Å². The van der Waals surface area contributed by atoms with Crippen LogP contribution in [0.25, 0.3) is 0 Å². The number of aryl methyl sites for hydroxylation is 2. The number of benzene rings is 1. The molecular formula is C30H39N5O6S3. The number of rotatable bonds is 9. The Balaban J connectivity index is 1.48. The van der Waals surface area contributed by atoms with Gasteiger partial charge < -0.3 is 19.9 Å². The summed E-state index contributed by atoms with van der Waals surface area (Å²) in [7, 11) is -7.19. The normalized spacial score (nSPS) is 16.0. The first-order valence-electron chi connectivity index (χ1n) is 14.7. The van der Waals surface area contributed by atoms with Crippen molar-refractivity contribution < 1.29 is 26.4 Å². The van der Waals surface area contributed by atoms with Gasteiger partial charge in [-0.15, -0.1) is 11.3 Å². The average Bonchev–Trinajstić information content (AvgIpc) is 3.54. The third-order valence-corrected chi connectivity index (χ3v) is 11.7. The van der Waals surface area contributed by atoms with Crippen LogP contribution in [0.1, 0.15) is 50.6 Å². The lowest BCUT2D eigenvalue weighted by atomic mass is 10.1. The van der Waals surface area contributed by atoms with Gasteiger partial charge in [0, 0.05) is 36.5 Å². The number of nitrogens with zero attached hydrogens (tertiary/aromatic N) is 4. The summed E-state index contributed by atoms with van der Waals surface area (Å²) >= 11 is 1.54. The van der Waals surface area contributed by atoms with E-state index in [-0.39, 0.29) is 43.1 Å². The molecule has 0 saturated carbocycles. The SMILES string of the molecule is CC(C)(C)OC(=O)N1CCC(S(=O)(=O)c2cc(Nc3nc4c(s3)CCC4)nc(N(CCS(C)(=O)=O)c3ccccc3)c2)CC1. The number of nitrogens with one attached hydrogen (secondary N) is 1. The maximum Gasteiger partial charge on any atom is 0.410 e. The smallest absolute Gasteiger partial charge is 0.410 e. The highest BCUT2D eigenvalue weighted by Crippen LogP contribution is 2.35. The van der Waals surface area contributed by atoms with Crippen LogP contribution in [-0.4, -0.2) is 80.3 Å². The number of fused-ring (bicyclic) bond motifs is 1. The van der Waals surface area contributed by atoms with Crippen LogP contribution in [0.15, 0.2) is 47.4 Å². The zero-order chi connectivity index (χ0) is 31.7. The van der Waals surface area contributed by atoms with Gasteiger partial charge in [0.25, 0.3) is 0 Å². The number of piperidine rings is 1. The number of carbonyl (C=O) groups excluding carboxylic acids is 1. The number of pyridine rings is 1. The number of anilines is 4. The highest BCUT2D eigenvalue weighted by Gasteiger charge is 2.35. The number of amides is 1. The Morgan fingerprint density at radius 2 is 1.77 bits per heavy atom. The molecule has 11 nitrogen and oxygen atoms in total. The Bertz CT molecular complexity index is 1690. The van der Waals surface area contributed by atoms with Crippen LogP contribution in [0.2, 0.25) is 0 Å². The molecule has 44 heavy (non-hydrogen) atoms. The van der Waals surface area contributed by atoms with E-state index in [2.05, 4.69) is 5.32 Å². The standard InChI is InChI=1S/C30H39N5O6S3/c1-30(2,3)41-29(36)34-15-13-22(14-16-34)44(39,40)23-19-26(33-28-31-24-11-8-12-25(24)42-28)32-27(20-23)35(17-18-43(4,37)38)21-9-6-5-7-10-21/h5-7,9-10,19-20,22H,8,11-18H2,1-4H3,(H,31,32,33). The number of aromatic nitrogens is 2. The lowest BCUT2D eigenvalue weighted by molar-refractivity contribution is 0.0217. The van der Waals surface area contributed by atoms with Gasteiger partial charge in [-0.05, 0) is 77.1 Å². The van der Waals surface area contributed by atoms with Crippen LogP contribution in [-0.2, 0) is 37.3 Å². The average molecular weight is 662 g/mol. The molecular weight excluding hydrogens is 623 g/mol. The van der Waals surface area contributed by atoms with Crippen molar-refractivity contribution in [2.75, 3.05) is 41.9 Å². The summed E-state index contributed by atoms with van der Waals surface area (Å²) < 4.78 is 58.0. The molecule has 0 bridgehead atoms. The molecule has 0 atom stereocenters. The summed E-state index contributed by atoms with van der Waals surface area (Å²) in [6, 6.07) is 12.2. The zero-order valence-electron chi connectivity index (χ0n) is 25.4. The largest absolute Gasteiger partial charge is 0.444 e. The predicted octanol–water partition coefficient (Wildman–Crippen LogP) is 5.13. The van der Waals surface area contributed by atoms with Crippen molar-refractivity contribution in [1.82, 2.24) is 14.9 Å². The third-order valence-electron chi connectivity index (χ3n) is 7.51. The van der Waals surface area contributed by atoms with Gasteiger partial charge in [-0.1, -0.05) is 18.2 Å². The number of carbonyl (C=O) groups is 1. The summed E-state index contributed by atoms with van der Waals surface area (Å²) in [6.07, 6.45) is 4.19. The fourth-order valence-corrected chi connectivity index (χ4v) is 8.65. The molecule has 1 aromatic carbocycles. The highest BCUT2D eigenvalue weighted by molar-refractivity contribution is 7.92. The number of hydrogen-bond acceptors (Lipinski definition) is 11. The van der Waals surface area contributed by atoms with E-state index in [4.69, 9.17) is 14.7 Å². The molecule has 1 N–H and O–H groups in total. The van der Waals surface area contributed by atoms with Crippen LogP contribution in [0, 0.1) is 0 Å². The highest BCUT2D eigenvalue weighted by atomic mass is 32.2. The third kappa shape index (κ3) is 7.88. The number of sulfone groups is 2. The molecule has 0 radical (unpaired) electrons. The van der Waals surface area contributed by atoms with Gasteiger partial charge in [-0.2, -0.15) is 0 Å². The molecule has 238 valence electrons. The first kappa shape index (κ1) is 32.2. The van der Waals surface area contributed by atoms with E-state index in [0.29, 0.717) is 22.5 Å². The van der Waals surface area contributed by atoms with Crippen molar-refractivity contribution >= 4 is 59.6 Å². The molecule has 1 aliphatic heterocycles. The molecule has 1 fully saturated rings. The maximum atomic E-state index is 14.1. The van der Waals surface area contributed by atoms with Crippen molar-refractivity contribution in [1.29, 1.82) is 0 Å². The summed E-state index contributed by atoms with van der Waals surface area (Å²) in [5.41, 5.74) is 1.09. The molecule has 0 unspecified atom stereocenters. The van der Waals surface area contributed by atoms with Gasteiger partial charge in [-0.25, -0.2) is 31.6 Å². The molecule has 2 aromatic heterocycles. The topological polar surface area (TPSA) is 139 Å². The summed E-state index contributed by atoms with van der Waals surface area (Å²) in [6.45, 7) is 5.99. The molecule has 1 saturated heterocycles. The summed E-state index contributed by atoms with van der Waals surface area (Å²) in [4.78, 5) is 26.6. The Morgan fingerprint density at radius 1 is 1.07 bits per heavy atom. The first-order chi connectivity index (χ1) is 20.7. The first-order valence-corrected chi connectivity index (χ1v) is 19.1. The molecule has 5 rings (SSSR count). The van der Waals surface area contributed by atoms with Crippen molar-refractivity contribution in [3.63, 3.8) is 0 Å². The number of likely N-dealkylation sites (tertiary alicyclic amines) is 1. The maximum absolute atomic E-state index is 14.1. The minimum absolute atomic E-state index is 0.0742. The van der Waals surface area contributed by atoms with Crippen molar-refractivity contribution in [2.24, 2.45) is 0 Å². The second-order valence-electron chi connectivity index (χ2n) is 12.2. The predicted molar refractivity (Wildman–Crippen MR) is 173 cm³/mol. The van der Waals surface area contributed by atoms with Crippen LogP contribution < -0.4 is 10.2 Å². The van der Waals surface area contributed by atoms with E-state index < -0.39 is 36.6 Å². The fraction of sp³-hybridized carbons (Fsp3) is 0.500. The van der Waals surface area contributed by atoms with Gasteiger partial charge in [-0.3, -0.25) is 0 Å². The molecule has 3 aromatic rings. The number of para-hydroxylation sites is 1. The zero-order valence-corrected chi connectivity index (χ0v) is 27.9. The van der Waals surface area contributed by atoms with Gasteiger partial charge in [0.15, 0.2) is 15.0 Å². The van der Waals surface area contributed by atoms with E-state index in [0.717, 1.165) is 25.0 Å².